The molecule has 0 aromatic rings. The van der Waals surface area contributed by atoms with Crippen LogP contribution in [0, 0.1) is 5.92 Å². The van der Waals surface area contributed by atoms with E-state index in [0.29, 0.717) is 6.61 Å². The van der Waals surface area contributed by atoms with Gasteiger partial charge in [0.15, 0.2) is 0 Å². The first-order valence-corrected chi connectivity index (χ1v) is 5.40. The van der Waals surface area contributed by atoms with Gasteiger partial charge in [-0.3, -0.25) is 4.79 Å². The van der Waals surface area contributed by atoms with Crippen molar-refractivity contribution in [3.63, 3.8) is 0 Å². The van der Waals surface area contributed by atoms with Gasteiger partial charge in [0.1, 0.15) is 0 Å². The SMILES string of the molecule is CC[C@H](C)[C@H](N)C(=O)NC(C)(C)COC. The van der Waals surface area contributed by atoms with Crippen molar-refractivity contribution in [2.45, 2.75) is 45.7 Å². The summed E-state index contributed by atoms with van der Waals surface area (Å²) in [6.45, 7) is 8.31. The van der Waals surface area contributed by atoms with Crippen LogP contribution in [0.15, 0.2) is 0 Å². The number of ether oxygens (including phenoxy) is 1. The molecule has 0 aliphatic heterocycles. The Labute approximate surface area is 92.6 Å². The zero-order valence-electron chi connectivity index (χ0n) is 10.5. The lowest BCUT2D eigenvalue weighted by molar-refractivity contribution is -0.125. The Morgan fingerprint density at radius 1 is 1.53 bits per heavy atom. The van der Waals surface area contributed by atoms with E-state index in [-0.39, 0.29) is 17.4 Å². The molecule has 0 saturated heterocycles. The number of nitrogens with one attached hydrogen (secondary N) is 1. The second-order valence-corrected chi connectivity index (χ2v) is 4.72. The van der Waals surface area contributed by atoms with E-state index in [9.17, 15) is 4.79 Å². The lowest BCUT2D eigenvalue weighted by Crippen LogP contribution is -2.54. The number of carbonyl (C=O) groups is 1. The first-order chi connectivity index (χ1) is 6.84. The molecule has 1 amide bonds. The standard InChI is InChI=1S/C11H24N2O2/c1-6-8(2)9(12)10(14)13-11(3,4)7-15-5/h8-9H,6-7,12H2,1-5H3,(H,13,14)/t8-,9-/m0/s1. The van der Waals surface area contributed by atoms with E-state index in [1.54, 1.807) is 7.11 Å². The predicted molar refractivity (Wildman–Crippen MR) is 61.5 cm³/mol. The van der Waals surface area contributed by atoms with Crippen LogP contribution in [-0.4, -0.2) is 31.2 Å². The van der Waals surface area contributed by atoms with Gasteiger partial charge in [-0.25, -0.2) is 0 Å². The topological polar surface area (TPSA) is 64.4 Å². The third-order valence-electron chi connectivity index (χ3n) is 2.53. The molecule has 0 aliphatic carbocycles. The van der Waals surface area contributed by atoms with Gasteiger partial charge in [-0.05, 0) is 19.8 Å². The minimum atomic E-state index is -0.439. The smallest absolute Gasteiger partial charge is 0.237 e. The van der Waals surface area contributed by atoms with Gasteiger partial charge in [0.25, 0.3) is 0 Å². The summed E-state index contributed by atoms with van der Waals surface area (Å²) in [6.07, 6.45) is 0.902. The van der Waals surface area contributed by atoms with Crippen molar-refractivity contribution in [1.29, 1.82) is 0 Å². The van der Waals surface area contributed by atoms with Gasteiger partial charge in [-0.2, -0.15) is 0 Å². The van der Waals surface area contributed by atoms with Crippen molar-refractivity contribution in [2.24, 2.45) is 11.7 Å². The number of methoxy groups -OCH3 is 1. The Bertz CT molecular complexity index is 205. The van der Waals surface area contributed by atoms with Gasteiger partial charge in [-0.15, -0.1) is 0 Å². The van der Waals surface area contributed by atoms with Crippen LogP contribution in [0.5, 0.6) is 0 Å². The molecule has 0 unspecified atom stereocenters. The molecule has 3 N–H and O–H groups in total. The quantitative estimate of drug-likeness (QED) is 0.693. The van der Waals surface area contributed by atoms with Crippen molar-refractivity contribution >= 4 is 5.91 Å². The van der Waals surface area contributed by atoms with Crippen LogP contribution >= 0.6 is 0 Å². The van der Waals surface area contributed by atoms with Crippen molar-refractivity contribution in [2.75, 3.05) is 13.7 Å². The van der Waals surface area contributed by atoms with Crippen LogP contribution < -0.4 is 11.1 Å². The second-order valence-electron chi connectivity index (χ2n) is 4.72. The first kappa shape index (κ1) is 14.4. The van der Waals surface area contributed by atoms with Crippen LogP contribution in [0.4, 0.5) is 0 Å². The summed E-state index contributed by atoms with van der Waals surface area (Å²) in [7, 11) is 1.61. The molecule has 0 fully saturated rings. The van der Waals surface area contributed by atoms with Crippen LogP contribution in [0.25, 0.3) is 0 Å². The molecular weight excluding hydrogens is 192 g/mol. The number of amides is 1. The van der Waals surface area contributed by atoms with Crippen LogP contribution in [0.3, 0.4) is 0 Å². The highest BCUT2D eigenvalue weighted by atomic mass is 16.5. The van der Waals surface area contributed by atoms with Gasteiger partial charge < -0.3 is 15.8 Å². The average molecular weight is 216 g/mol. The number of rotatable bonds is 6. The van der Waals surface area contributed by atoms with E-state index in [2.05, 4.69) is 5.32 Å². The molecule has 0 aliphatic rings. The van der Waals surface area contributed by atoms with Crippen LogP contribution in [0.2, 0.25) is 0 Å². The summed E-state index contributed by atoms with van der Waals surface area (Å²) in [6, 6.07) is -0.439. The highest BCUT2D eigenvalue weighted by Crippen LogP contribution is 2.08. The molecule has 0 bridgehead atoms. The Hall–Kier alpha value is -0.610. The van der Waals surface area contributed by atoms with E-state index in [1.165, 1.54) is 0 Å². The Balaban J connectivity index is 4.23. The molecule has 0 aromatic heterocycles. The van der Waals surface area contributed by atoms with E-state index in [4.69, 9.17) is 10.5 Å². The van der Waals surface area contributed by atoms with E-state index < -0.39 is 6.04 Å². The van der Waals surface area contributed by atoms with Crippen molar-refractivity contribution < 1.29 is 9.53 Å². The summed E-state index contributed by atoms with van der Waals surface area (Å²) in [5.41, 5.74) is 5.46. The maximum Gasteiger partial charge on any atom is 0.237 e. The fourth-order valence-corrected chi connectivity index (χ4v) is 1.33. The van der Waals surface area contributed by atoms with Gasteiger partial charge in [0.2, 0.25) is 5.91 Å². The molecule has 0 heterocycles. The third kappa shape index (κ3) is 5.14. The highest BCUT2D eigenvalue weighted by molar-refractivity contribution is 5.82. The van der Waals surface area contributed by atoms with Crippen molar-refractivity contribution in [1.82, 2.24) is 5.32 Å². The fourth-order valence-electron chi connectivity index (χ4n) is 1.33. The fraction of sp³-hybridized carbons (Fsp3) is 0.909. The lowest BCUT2D eigenvalue weighted by Gasteiger charge is -2.28. The van der Waals surface area contributed by atoms with Crippen molar-refractivity contribution in [3.05, 3.63) is 0 Å². The molecule has 2 atom stereocenters. The molecule has 90 valence electrons. The highest BCUT2D eigenvalue weighted by Gasteiger charge is 2.26. The Kier molecular flexibility index (Phi) is 5.83. The Morgan fingerprint density at radius 3 is 2.47 bits per heavy atom. The molecule has 0 saturated carbocycles. The number of hydrogen-bond donors (Lipinski definition) is 2. The molecule has 0 radical (unpaired) electrons. The monoisotopic (exact) mass is 216 g/mol. The van der Waals surface area contributed by atoms with Gasteiger partial charge >= 0.3 is 0 Å². The third-order valence-corrected chi connectivity index (χ3v) is 2.53. The van der Waals surface area contributed by atoms with Crippen LogP contribution in [-0.2, 0) is 9.53 Å². The second kappa shape index (κ2) is 6.08. The van der Waals surface area contributed by atoms with Gasteiger partial charge in [0.05, 0.1) is 18.2 Å². The minimum Gasteiger partial charge on any atom is -0.382 e. The molecular formula is C11H24N2O2. The zero-order valence-corrected chi connectivity index (χ0v) is 10.5. The summed E-state index contributed by atoms with van der Waals surface area (Å²) in [4.78, 5) is 11.7. The normalized spacial score (nSPS) is 15.9. The Morgan fingerprint density at radius 2 is 2.07 bits per heavy atom. The van der Waals surface area contributed by atoms with Gasteiger partial charge in [-0.1, -0.05) is 20.3 Å². The number of carbonyl (C=O) groups excluding carboxylic acids is 1. The van der Waals surface area contributed by atoms with Crippen LogP contribution in [0.1, 0.15) is 34.1 Å². The minimum absolute atomic E-state index is 0.105. The molecule has 4 nitrogen and oxygen atoms in total. The largest absolute Gasteiger partial charge is 0.382 e. The first-order valence-electron chi connectivity index (χ1n) is 5.40. The average Bonchev–Trinajstić information content (AvgIpc) is 2.14. The molecule has 0 rings (SSSR count). The summed E-state index contributed by atoms with van der Waals surface area (Å²) in [5.74, 6) is 0.0924. The van der Waals surface area contributed by atoms with E-state index in [0.717, 1.165) is 6.42 Å². The molecule has 15 heavy (non-hydrogen) atoms. The molecule has 0 spiro atoms. The van der Waals surface area contributed by atoms with E-state index in [1.807, 2.05) is 27.7 Å². The summed E-state index contributed by atoms with van der Waals surface area (Å²) in [5, 5.41) is 2.88. The van der Waals surface area contributed by atoms with Crippen molar-refractivity contribution in [3.8, 4) is 0 Å². The zero-order chi connectivity index (χ0) is 12.1. The number of nitrogens with two attached hydrogens (primary N) is 1. The van der Waals surface area contributed by atoms with Gasteiger partial charge in [0, 0.05) is 7.11 Å². The lowest BCUT2D eigenvalue weighted by atomic mass is 9.98. The summed E-state index contributed by atoms with van der Waals surface area (Å²) < 4.78 is 5.02. The number of hydrogen-bond acceptors (Lipinski definition) is 3. The maximum absolute atomic E-state index is 11.7. The summed E-state index contributed by atoms with van der Waals surface area (Å²) >= 11 is 0. The predicted octanol–water partition coefficient (Wildman–Crippen LogP) is 0.901. The van der Waals surface area contributed by atoms with E-state index >= 15 is 0 Å². The molecule has 4 heteroatoms. The maximum atomic E-state index is 11.7. The molecule has 0 aromatic carbocycles.